The molecule has 0 spiro atoms. The van der Waals surface area contributed by atoms with E-state index in [1.165, 1.54) is 38.4 Å². The summed E-state index contributed by atoms with van der Waals surface area (Å²) in [5, 5.41) is 3.30. The summed E-state index contributed by atoms with van der Waals surface area (Å²) < 4.78 is 24.0. The van der Waals surface area contributed by atoms with Crippen LogP contribution in [0, 0.1) is 5.92 Å². The largest absolute Gasteiger partial charge is 0.315 e. The Hall–Kier alpha value is -0.130. The van der Waals surface area contributed by atoms with Crippen LogP contribution in [0.3, 0.4) is 0 Å². The van der Waals surface area contributed by atoms with E-state index in [-0.39, 0.29) is 0 Å². The summed E-state index contributed by atoms with van der Waals surface area (Å²) in [5.41, 5.74) is 0. The van der Waals surface area contributed by atoms with Crippen LogP contribution in [0.5, 0.6) is 0 Å². The zero-order valence-corrected chi connectivity index (χ0v) is 10.3. The van der Waals surface area contributed by atoms with Crippen molar-refractivity contribution in [1.29, 1.82) is 0 Å². The standard InChI is InChI=1S/C10H22N2O2S/c1-15(13,14)12-8-7-11-9-10-5-3-2-4-6-10/h10-12H,2-9H2,1H3. The van der Waals surface area contributed by atoms with Gasteiger partial charge in [-0.2, -0.15) is 0 Å². The molecule has 0 radical (unpaired) electrons. The molecule has 0 aromatic rings. The highest BCUT2D eigenvalue weighted by atomic mass is 32.2. The summed E-state index contributed by atoms with van der Waals surface area (Å²) >= 11 is 0. The lowest BCUT2D eigenvalue weighted by molar-refractivity contribution is 0.343. The van der Waals surface area contributed by atoms with Crippen molar-refractivity contribution >= 4 is 10.0 Å². The molecule has 5 heteroatoms. The van der Waals surface area contributed by atoms with Crippen LogP contribution in [0.2, 0.25) is 0 Å². The normalized spacial score (nSPS) is 19.3. The van der Waals surface area contributed by atoms with Crippen molar-refractivity contribution in [2.45, 2.75) is 32.1 Å². The highest BCUT2D eigenvalue weighted by Crippen LogP contribution is 2.22. The van der Waals surface area contributed by atoms with Crippen molar-refractivity contribution in [3.05, 3.63) is 0 Å². The minimum absolute atomic E-state index is 0.492. The Morgan fingerprint density at radius 1 is 1.13 bits per heavy atom. The van der Waals surface area contributed by atoms with Gasteiger partial charge in [-0.15, -0.1) is 0 Å². The molecule has 1 saturated carbocycles. The van der Waals surface area contributed by atoms with Gasteiger partial charge in [0.25, 0.3) is 0 Å². The van der Waals surface area contributed by atoms with E-state index >= 15 is 0 Å². The summed E-state index contributed by atoms with van der Waals surface area (Å²) in [6.45, 7) is 2.25. The summed E-state index contributed by atoms with van der Waals surface area (Å²) in [4.78, 5) is 0. The zero-order chi connectivity index (χ0) is 11.1. The predicted molar refractivity (Wildman–Crippen MR) is 62.3 cm³/mol. The summed E-state index contributed by atoms with van der Waals surface area (Å²) in [5.74, 6) is 0.803. The van der Waals surface area contributed by atoms with Crippen molar-refractivity contribution in [3.8, 4) is 0 Å². The molecule has 0 aromatic heterocycles. The third kappa shape index (κ3) is 6.87. The van der Waals surface area contributed by atoms with Gasteiger partial charge < -0.3 is 5.32 Å². The Balaban J connectivity index is 1.96. The predicted octanol–water partition coefficient (Wildman–Crippen LogP) is 0.705. The van der Waals surface area contributed by atoms with Crippen molar-refractivity contribution in [2.24, 2.45) is 5.92 Å². The highest BCUT2D eigenvalue weighted by Gasteiger charge is 2.12. The first-order chi connectivity index (χ1) is 7.08. The fourth-order valence-electron chi connectivity index (χ4n) is 2.02. The molecule has 1 fully saturated rings. The Labute approximate surface area is 92.9 Å². The number of hydrogen-bond donors (Lipinski definition) is 2. The van der Waals surface area contributed by atoms with Crippen molar-refractivity contribution in [3.63, 3.8) is 0 Å². The minimum Gasteiger partial charge on any atom is -0.315 e. The van der Waals surface area contributed by atoms with Gasteiger partial charge in [-0.25, -0.2) is 13.1 Å². The second-order valence-electron chi connectivity index (χ2n) is 4.37. The second-order valence-corrected chi connectivity index (χ2v) is 6.21. The van der Waals surface area contributed by atoms with E-state index in [1.807, 2.05) is 0 Å². The second kappa shape index (κ2) is 6.45. The lowest BCUT2D eigenvalue weighted by atomic mass is 9.89. The molecule has 0 saturated heterocycles. The van der Waals surface area contributed by atoms with Gasteiger partial charge in [0, 0.05) is 13.1 Å². The van der Waals surface area contributed by atoms with Gasteiger partial charge in [-0.1, -0.05) is 19.3 Å². The van der Waals surface area contributed by atoms with Gasteiger partial charge in [-0.05, 0) is 25.3 Å². The quantitative estimate of drug-likeness (QED) is 0.665. The summed E-state index contributed by atoms with van der Waals surface area (Å²) in [6, 6.07) is 0. The molecule has 0 atom stereocenters. The van der Waals surface area contributed by atoms with E-state index in [4.69, 9.17) is 0 Å². The van der Waals surface area contributed by atoms with Gasteiger partial charge in [0.2, 0.25) is 10.0 Å². The molecule has 2 N–H and O–H groups in total. The van der Waals surface area contributed by atoms with Gasteiger partial charge >= 0.3 is 0 Å². The van der Waals surface area contributed by atoms with Crippen LogP contribution < -0.4 is 10.0 Å². The third-order valence-corrected chi connectivity index (χ3v) is 3.55. The van der Waals surface area contributed by atoms with Crippen LogP contribution in [0.25, 0.3) is 0 Å². The van der Waals surface area contributed by atoms with Crippen molar-refractivity contribution in [2.75, 3.05) is 25.9 Å². The van der Waals surface area contributed by atoms with E-state index in [2.05, 4.69) is 10.0 Å². The van der Waals surface area contributed by atoms with Gasteiger partial charge in [0.05, 0.1) is 6.26 Å². The zero-order valence-electron chi connectivity index (χ0n) is 9.46. The summed E-state index contributed by atoms with van der Waals surface area (Å²) in [6.07, 6.45) is 7.93. The van der Waals surface area contributed by atoms with Crippen LogP contribution >= 0.6 is 0 Å². The molecule has 1 rings (SSSR count). The van der Waals surface area contributed by atoms with E-state index in [1.54, 1.807) is 0 Å². The fourth-order valence-corrected chi connectivity index (χ4v) is 2.50. The van der Waals surface area contributed by atoms with Crippen LogP contribution in [0.1, 0.15) is 32.1 Å². The molecule has 0 aromatic carbocycles. The molecular weight excluding hydrogens is 212 g/mol. The van der Waals surface area contributed by atoms with Crippen LogP contribution in [0.4, 0.5) is 0 Å². The highest BCUT2D eigenvalue weighted by molar-refractivity contribution is 7.88. The van der Waals surface area contributed by atoms with Crippen molar-refractivity contribution in [1.82, 2.24) is 10.0 Å². The van der Waals surface area contributed by atoms with E-state index in [0.29, 0.717) is 6.54 Å². The molecule has 0 aliphatic heterocycles. The molecule has 0 amide bonds. The topological polar surface area (TPSA) is 58.2 Å². The molecule has 0 bridgehead atoms. The number of hydrogen-bond acceptors (Lipinski definition) is 3. The first-order valence-electron chi connectivity index (χ1n) is 5.73. The number of nitrogens with one attached hydrogen (secondary N) is 2. The first-order valence-corrected chi connectivity index (χ1v) is 7.62. The average molecular weight is 234 g/mol. The molecule has 1 aliphatic rings. The van der Waals surface area contributed by atoms with E-state index in [9.17, 15) is 8.42 Å². The van der Waals surface area contributed by atoms with Crippen LogP contribution in [-0.2, 0) is 10.0 Å². The van der Waals surface area contributed by atoms with E-state index in [0.717, 1.165) is 19.0 Å². The Kier molecular flexibility index (Phi) is 5.56. The SMILES string of the molecule is CS(=O)(=O)NCCNCC1CCCCC1. The monoisotopic (exact) mass is 234 g/mol. The van der Waals surface area contributed by atoms with Crippen molar-refractivity contribution < 1.29 is 8.42 Å². The maximum Gasteiger partial charge on any atom is 0.208 e. The fraction of sp³-hybridized carbons (Fsp3) is 1.00. The Bertz CT molecular complexity index is 259. The third-order valence-electron chi connectivity index (χ3n) is 2.82. The molecule has 4 nitrogen and oxygen atoms in total. The number of rotatable bonds is 6. The molecule has 90 valence electrons. The maximum atomic E-state index is 10.8. The molecule has 1 aliphatic carbocycles. The smallest absolute Gasteiger partial charge is 0.208 e. The molecule has 15 heavy (non-hydrogen) atoms. The first kappa shape index (κ1) is 12.9. The minimum atomic E-state index is -3.02. The molecular formula is C10H22N2O2S. The van der Waals surface area contributed by atoms with Gasteiger partial charge in [0.1, 0.15) is 0 Å². The molecule has 0 unspecified atom stereocenters. The maximum absolute atomic E-state index is 10.8. The lowest BCUT2D eigenvalue weighted by Gasteiger charge is -2.21. The lowest BCUT2D eigenvalue weighted by Crippen LogP contribution is -2.33. The Morgan fingerprint density at radius 2 is 1.80 bits per heavy atom. The van der Waals surface area contributed by atoms with Crippen LogP contribution in [0.15, 0.2) is 0 Å². The average Bonchev–Trinajstić information content (AvgIpc) is 2.17. The summed E-state index contributed by atoms with van der Waals surface area (Å²) in [7, 11) is -3.02. The van der Waals surface area contributed by atoms with Gasteiger partial charge in [-0.3, -0.25) is 0 Å². The number of sulfonamides is 1. The molecule has 0 heterocycles. The van der Waals surface area contributed by atoms with Gasteiger partial charge in [0.15, 0.2) is 0 Å². The van der Waals surface area contributed by atoms with E-state index < -0.39 is 10.0 Å². The van der Waals surface area contributed by atoms with Crippen LogP contribution in [-0.4, -0.2) is 34.3 Å². The Morgan fingerprint density at radius 3 is 2.40 bits per heavy atom.